The number of hydrogen-bond donors (Lipinski definition) is 0. The minimum absolute atomic E-state index is 0.302. The summed E-state index contributed by atoms with van der Waals surface area (Å²) >= 11 is 1.53. The molecule has 0 spiro atoms. The van der Waals surface area contributed by atoms with Crippen LogP contribution in [0, 0.1) is 0 Å². The highest BCUT2D eigenvalue weighted by atomic mass is 32.2. The van der Waals surface area contributed by atoms with Crippen molar-refractivity contribution < 1.29 is 12.8 Å². The number of fused-ring (bicyclic) bond motifs is 1. The van der Waals surface area contributed by atoms with Gasteiger partial charge < -0.3 is 4.42 Å². The van der Waals surface area contributed by atoms with Gasteiger partial charge in [0.05, 0.1) is 4.90 Å². The largest absolute Gasteiger partial charge is 0.431 e. The maximum atomic E-state index is 12.7. The molecule has 2 aromatic rings. The molecule has 1 fully saturated rings. The Morgan fingerprint density at radius 2 is 1.95 bits per heavy atom. The molecule has 1 aliphatic rings. The molecule has 0 aliphatic carbocycles. The van der Waals surface area contributed by atoms with Crippen LogP contribution < -0.4 is 0 Å². The molecule has 3 rings (SSSR count). The molecule has 0 saturated carbocycles. The summed E-state index contributed by atoms with van der Waals surface area (Å²) in [7, 11) is -3.42. The first-order valence-electron chi connectivity index (χ1n) is 7.54. The molecule has 1 aromatic carbocycles. The van der Waals surface area contributed by atoms with Crippen LogP contribution in [-0.4, -0.2) is 36.0 Å². The first-order valence-corrected chi connectivity index (χ1v) is 9.86. The number of piperidine rings is 1. The second-order valence-corrected chi connectivity index (χ2v) is 9.21. The van der Waals surface area contributed by atoms with Crippen molar-refractivity contribution in [3.63, 3.8) is 0 Å². The maximum Gasteiger partial charge on any atom is 0.256 e. The van der Waals surface area contributed by atoms with Crippen molar-refractivity contribution in [2.75, 3.05) is 13.1 Å². The average molecular weight is 340 g/mol. The summed E-state index contributed by atoms with van der Waals surface area (Å²) in [6.07, 6.45) is 2.96. The van der Waals surface area contributed by atoms with E-state index in [0.717, 1.165) is 19.3 Å². The molecule has 0 bridgehead atoms. The van der Waals surface area contributed by atoms with Gasteiger partial charge in [-0.1, -0.05) is 32.0 Å². The van der Waals surface area contributed by atoms with E-state index in [1.165, 1.54) is 11.8 Å². The molecule has 120 valence electrons. The fourth-order valence-corrected chi connectivity index (χ4v) is 4.78. The molecule has 1 aliphatic heterocycles. The summed E-state index contributed by atoms with van der Waals surface area (Å²) in [4.78, 5) is 4.69. The van der Waals surface area contributed by atoms with Crippen molar-refractivity contribution in [3.8, 4) is 0 Å². The van der Waals surface area contributed by atoms with E-state index in [4.69, 9.17) is 4.42 Å². The molecule has 0 amide bonds. The summed E-state index contributed by atoms with van der Waals surface area (Å²) in [6, 6.07) is 4.93. The Hall–Kier alpha value is -1.05. The molecule has 1 saturated heterocycles. The Morgan fingerprint density at radius 3 is 2.64 bits per heavy atom. The zero-order valence-electron chi connectivity index (χ0n) is 12.8. The number of hydrogen-bond acceptors (Lipinski definition) is 5. The van der Waals surface area contributed by atoms with E-state index in [1.54, 1.807) is 22.5 Å². The Bertz CT molecular complexity index is 762. The van der Waals surface area contributed by atoms with Crippen molar-refractivity contribution >= 4 is 32.9 Å². The van der Waals surface area contributed by atoms with E-state index in [-0.39, 0.29) is 0 Å². The Kier molecular flexibility index (Phi) is 4.47. The van der Waals surface area contributed by atoms with Gasteiger partial charge in [-0.2, -0.15) is 4.31 Å². The van der Waals surface area contributed by atoms with Gasteiger partial charge in [0.2, 0.25) is 10.0 Å². The molecule has 2 heterocycles. The predicted molar refractivity (Wildman–Crippen MR) is 87.6 cm³/mol. The second-order valence-electron chi connectivity index (χ2n) is 5.74. The van der Waals surface area contributed by atoms with Gasteiger partial charge in [-0.15, -0.1) is 0 Å². The Balaban J connectivity index is 1.93. The molecule has 1 aromatic heterocycles. The lowest BCUT2D eigenvalue weighted by Crippen LogP contribution is -2.35. The van der Waals surface area contributed by atoms with Crippen LogP contribution in [0.3, 0.4) is 0 Å². The third-order valence-electron chi connectivity index (χ3n) is 3.63. The minimum atomic E-state index is -3.42. The molecule has 7 heteroatoms. The summed E-state index contributed by atoms with van der Waals surface area (Å²) in [6.45, 7) is 5.33. The fourth-order valence-electron chi connectivity index (χ4n) is 2.55. The van der Waals surface area contributed by atoms with E-state index in [2.05, 4.69) is 18.8 Å². The summed E-state index contributed by atoms with van der Waals surface area (Å²) < 4.78 is 32.6. The van der Waals surface area contributed by atoms with Gasteiger partial charge in [-0.3, -0.25) is 0 Å². The molecular formula is C15H20N2O3S2. The number of aromatic nitrogens is 1. The SMILES string of the molecule is CC(C)Sc1nc2cc(S(=O)(=O)N3CCCCC3)ccc2o1. The van der Waals surface area contributed by atoms with Crippen molar-refractivity contribution in [2.24, 2.45) is 0 Å². The van der Waals surface area contributed by atoms with Crippen LogP contribution in [0.1, 0.15) is 33.1 Å². The molecule has 0 unspecified atom stereocenters. The minimum Gasteiger partial charge on any atom is -0.431 e. The van der Waals surface area contributed by atoms with E-state index < -0.39 is 10.0 Å². The number of sulfonamides is 1. The standard InChI is InChI=1S/C15H20N2O3S2/c1-11(2)21-15-16-13-10-12(6-7-14(13)20-15)22(18,19)17-8-4-3-5-9-17/h6-7,10-11H,3-5,8-9H2,1-2H3. The highest BCUT2D eigenvalue weighted by Gasteiger charge is 2.26. The van der Waals surface area contributed by atoms with Gasteiger partial charge in [-0.25, -0.2) is 13.4 Å². The topological polar surface area (TPSA) is 63.4 Å². The monoisotopic (exact) mass is 340 g/mol. The van der Waals surface area contributed by atoms with Crippen molar-refractivity contribution in [1.82, 2.24) is 9.29 Å². The fraction of sp³-hybridized carbons (Fsp3) is 0.533. The van der Waals surface area contributed by atoms with E-state index in [9.17, 15) is 8.42 Å². The van der Waals surface area contributed by atoms with Crippen LogP contribution in [0.15, 0.2) is 32.7 Å². The zero-order chi connectivity index (χ0) is 15.7. The van der Waals surface area contributed by atoms with Crippen LogP contribution in [-0.2, 0) is 10.0 Å². The number of benzene rings is 1. The first-order chi connectivity index (χ1) is 10.5. The summed E-state index contributed by atoms with van der Waals surface area (Å²) in [5.74, 6) is 0. The number of oxazole rings is 1. The molecule has 0 atom stereocenters. The van der Waals surface area contributed by atoms with Gasteiger partial charge in [0.1, 0.15) is 5.52 Å². The third-order valence-corrected chi connectivity index (χ3v) is 6.37. The second kappa shape index (κ2) is 6.22. The highest BCUT2D eigenvalue weighted by Crippen LogP contribution is 2.29. The Labute approximate surface area is 135 Å². The number of thioether (sulfide) groups is 1. The van der Waals surface area contributed by atoms with Crippen LogP contribution in [0.5, 0.6) is 0 Å². The predicted octanol–water partition coefficient (Wildman–Crippen LogP) is 3.50. The number of rotatable bonds is 4. The van der Waals surface area contributed by atoms with Gasteiger partial charge in [0.15, 0.2) is 5.58 Å². The smallest absolute Gasteiger partial charge is 0.256 e. The molecule has 0 N–H and O–H groups in total. The lowest BCUT2D eigenvalue weighted by atomic mass is 10.2. The van der Waals surface area contributed by atoms with Crippen molar-refractivity contribution in [2.45, 2.75) is 48.5 Å². The summed E-state index contributed by atoms with van der Waals surface area (Å²) in [5.41, 5.74) is 1.22. The average Bonchev–Trinajstić information content (AvgIpc) is 2.88. The van der Waals surface area contributed by atoms with Crippen LogP contribution in [0.4, 0.5) is 0 Å². The van der Waals surface area contributed by atoms with Crippen molar-refractivity contribution in [1.29, 1.82) is 0 Å². The molecule has 0 radical (unpaired) electrons. The quantitative estimate of drug-likeness (QED) is 0.797. The van der Waals surface area contributed by atoms with Crippen LogP contribution in [0.25, 0.3) is 11.1 Å². The normalized spacial score (nSPS) is 17.4. The summed E-state index contributed by atoms with van der Waals surface area (Å²) in [5, 5.41) is 0.946. The van der Waals surface area contributed by atoms with E-state index in [0.29, 0.717) is 39.6 Å². The van der Waals surface area contributed by atoms with Gasteiger partial charge >= 0.3 is 0 Å². The lowest BCUT2D eigenvalue weighted by molar-refractivity contribution is 0.346. The lowest BCUT2D eigenvalue weighted by Gasteiger charge is -2.25. The van der Waals surface area contributed by atoms with Gasteiger partial charge in [0, 0.05) is 18.3 Å². The number of nitrogens with zero attached hydrogens (tertiary/aromatic N) is 2. The zero-order valence-corrected chi connectivity index (χ0v) is 14.4. The van der Waals surface area contributed by atoms with Crippen LogP contribution in [0.2, 0.25) is 0 Å². The van der Waals surface area contributed by atoms with Crippen molar-refractivity contribution in [3.05, 3.63) is 18.2 Å². The van der Waals surface area contributed by atoms with Gasteiger partial charge in [-0.05, 0) is 31.0 Å². The highest BCUT2D eigenvalue weighted by molar-refractivity contribution is 7.99. The molecule has 22 heavy (non-hydrogen) atoms. The maximum absolute atomic E-state index is 12.7. The van der Waals surface area contributed by atoms with E-state index in [1.807, 2.05) is 0 Å². The van der Waals surface area contributed by atoms with Gasteiger partial charge in [0.25, 0.3) is 5.22 Å². The van der Waals surface area contributed by atoms with Crippen LogP contribution >= 0.6 is 11.8 Å². The molecular weight excluding hydrogens is 320 g/mol. The van der Waals surface area contributed by atoms with E-state index >= 15 is 0 Å². The first kappa shape index (κ1) is 15.8. The molecule has 5 nitrogen and oxygen atoms in total. The Morgan fingerprint density at radius 1 is 1.23 bits per heavy atom. The third kappa shape index (κ3) is 3.16.